The lowest BCUT2D eigenvalue weighted by atomic mass is 9.72. The van der Waals surface area contributed by atoms with Gasteiger partial charge < -0.3 is 0 Å². The monoisotopic (exact) mass is 304 g/mol. The van der Waals surface area contributed by atoms with Crippen LogP contribution in [0.15, 0.2) is 60.7 Å². The predicted molar refractivity (Wildman–Crippen MR) is 92.1 cm³/mol. The van der Waals surface area contributed by atoms with Gasteiger partial charge in [-0.25, -0.2) is 0 Å². The zero-order valence-corrected chi connectivity index (χ0v) is 13.5. The second kappa shape index (κ2) is 6.33. The molecule has 0 aromatic heterocycles. The molecular formula is C21H20O2. The molecule has 2 unspecified atom stereocenters. The first kappa shape index (κ1) is 15.4. The van der Waals surface area contributed by atoms with E-state index in [0.717, 1.165) is 16.7 Å². The van der Waals surface area contributed by atoms with E-state index in [1.165, 1.54) is 12.5 Å². The number of carbonyl (C=O) groups excluding carboxylic acids is 2. The Morgan fingerprint density at radius 3 is 2.26 bits per heavy atom. The maximum absolute atomic E-state index is 12.6. The van der Waals surface area contributed by atoms with E-state index in [-0.39, 0.29) is 17.5 Å². The van der Waals surface area contributed by atoms with Gasteiger partial charge in [-0.1, -0.05) is 60.2 Å². The summed E-state index contributed by atoms with van der Waals surface area (Å²) in [5.41, 5.74) is 4.32. The molecule has 116 valence electrons. The maximum atomic E-state index is 12.6. The third-order valence-corrected chi connectivity index (χ3v) is 4.55. The van der Waals surface area contributed by atoms with E-state index in [1.54, 1.807) is 6.08 Å². The summed E-state index contributed by atoms with van der Waals surface area (Å²) in [5, 5.41) is 0. The van der Waals surface area contributed by atoms with Crippen LogP contribution in [0, 0.1) is 12.8 Å². The van der Waals surface area contributed by atoms with Gasteiger partial charge in [0.2, 0.25) is 0 Å². The summed E-state index contributed by atoms with van der Waals surface area (Å²) in [6, 6.07) is 18.1. The minimum atomic E-state index is -0.563. The first-order valence-electron chi connectivity index (χ1n) is 7.93. The maximum Gasteiger partial charge on any atom is 0.167 e. The van der Waals surface area contributed by atoms with E-state index < -0.39 is 5.92 Å². The summed E-state index contributed by atoms with van der Waals surface area (Å²) in [6.45, 7) is 3.56. The van der Waals surface area contributed by atoms with Gasteiger partial charge in [0.25, 0.3) is 0 Å². The third kappa shape index (κ3) is 3.16. The molecule has 0 saturated heterocycles. The van der Waals surface area contributed by atoms with Crippen molar-refractivity contribution in [3.63, 3.8) is 0 Å². The van der Waals surface area contributed by atoms with Crippen LogP contribution in [0.25, 0.3) is 5.57 Å². The van der Waals surface area contributed by atoms with E-state index in [2.05, 4.69) is 12.1 Å². The van der Waals surface area contributed by atoms with Crippen molar-refractivity contribution in [3.8, 4) is 0 Å². The van der Waals surface area contributed by atoms with Crippen molar-refractivity contribution in [3.05, 3.63) is 77.4 Å². The van der Waals surface area contributed by atoms with Crippen LogP contribution in [0.2, 0.25) is 0 Å². The highest BCUT2D eigenvalue weighted by Gasteiger charge is 2.36. The molecule has 2 nitrogen and oxygen atoms in total. The molecule has 2 atom stereocenters. The normalized spacial score (nSPS) is 21.0. The average Bonchev–Trinajstić information content (AvgIpc) is 2.55. The van der Waals surface area contributed by atoms with Crippen LogP contribution in [0.5, 0.6) is 0 Å². The molecule has 23 heavy (non-hydrogen) atoms. The van der Waals surface area contributed by atoms with Gasteiger partial charge in [-0.15, -0.1) is 0 Å². The number of rotatable bonds is 3. The lowest BCUT2D eigenvalue weighted by Crippen LogP contribution is -2.31. The molecule has 0 saturated carbocycles. The number of benzene rings is 2. The van der Waals surface area contributed by atoms with Crippen molar-refractivity contribution in [2.75, 3.05) is 0 Å². The minimum absolute atomic E-state index is 0.0527. The number of Topliss-reactive ketones (excluding diaryl/α,β-unsaturated/α-hetero) is 1. The molecule has 0 heterocycles. The zero-order chi connectivity index (χ0) is 16.4. The molecule has 1 aliphatic rings. The van der Waals surface area contributed by atoms with E-state index >= 15 is 0 Å². The molecule has 2 heteroatoms. The van der Waals surface area contributed by atoms with Gasteiger partial charge in [-0.05, 0) is 43.0 Å². The Kier molecular flexibility index (Phi) is 4.24. The van der Waals surface area contributed by atoms with Gasteiger partial charge in [0.05, 0.1) is 5.92 Å². The lowest BCUT2D eigenvalue weighted by Gasteiger charge is -2.29. The first-order valence-corrected chi connectivity index (χ1v) is 7.93. The van der Waals surface area contributed by atoms with Crippen LogP contribution < -0.4 is 0 Å². The molecular weight excluding hydrogens is 284 g/mol. The lowest BCUT2D eigenvalue weighted by molar-refractivity contribution is -0.130. The second-order valence-corrected chi connectivity index (χ2v) is 6.25. The van der Waals surface area contributed by atoms with Gasteiger partial charge in [0.15, 0.2) is 5.78 Å². The molecule has 2 aromatic carbocycles. The zero-order valence-electron chi connectivity index (χ0n) is 13.5. The first-order chi connectivity index (χ1) is 11.1. The Hall–Kier alpha value is -2.48. The Balaban J connectivity index is 2.02. The quantitative estimate of drug-likeness (QED) is 0.790. The summed E-state index contributed by atoms with van der Waals surface area (Å²) in [4.78, 5) is 24.6. The fraction of sp³-hybridized carbons (Fsp3) is 0.238. The van der Waals surface area contributed by atoms with Crippen molar-refractivity contribution < 1.29 is 9.59 Å². The van der Waals surface area contributed by atoms with Crippen LogP contribution in [0.4, 0.5) is 0 Å². The van der Waals surface area contributed by atoms with Crippen LogP contribution in [0.1, 0.15) is 36.0 Å². The van der Waals surface area contributed by atoms with Crippen LogP contribution in [-0.4, -0.2) is 11.6 Å². The Labute approximate surface area is 136 Å². The molecule has 0 amide bonds. The number of hydrogen-bond donors (Lipinski definition) is 0. The number of allylic oxidation sites excluding steroid dienone is 2. The average molecular weight is 304 g/mol. The van der Waals surface area contributed by atoms with Crippen LogP contribution in [0.3, 0.4) is 0 Å². The fourth-order valence-corrected chi connectivity index (χ4v) is 3.34. The summed E-state index contributed by atoms with van der Waals surface area (Å²) >= 11 is 0. The van der Waals surface area contributed by atoms with Gasteiger partial charge in [-0.3, -0.25) is 9.59 Å². The molecule has 2 aromatic rings. The van der Waals surface area contributed by atoms with Crippen molar-refractivity contribution in [2.24, 2.45) is 5.92 Å². The Morgan fingerprint density at radius 1 is 1.00 bits per heavy atom. The minimum Gasteiger partial charge on any atom is -0.299 e. The molecule has 3 rings (SSSR count). The Morgan fingerprint density at radius 2 is 1.65 bits per heavy atom. The molecule has 1 aliphatic carbocycles. The number of aryl methyl sites for hydroxylation is 1. The van der Waals surface area contributed by atoms with Crippen molar-refractivity contribution in [1.82, 2.24) is 0 Å². The third-order valence-electron chi connectivity index (χ3n) is 4.55. The van der Waals surface area contributed by atoms with Crippen LogP contribution in [-0.2, 0) is 9.59 Å². The topological polar surface area (TPSA) is 34.1 Å². The largest absolute Gasteiger partial charge is 0.299 e. The van der Waals surface area contributed by atoms with Gasteiger partial charge in [0, 0.05) is 5.92 Å². The summed E-state index contributed by atoms with van der Waals surface area (Å²) in [6.07, 6.45) is 2.37. The molecule has 0 spiro atoms. The second-order valence-electron chi connectivity index (χ2n) is 6.25. The highest BCUT2D eigenvalue weighted by atomic mass is 16.1. The molecule has 0 fully saturated rings. The number of ketones is 2. The molecule has 0 radical (unpaired) electrons. The van der Waals surface area contributed by atoms with Crippen molar-refractivity contribution in [2.45, 2.75) is 26.2 Å². The van der Waals surface area contributed by atoms with Gasteiger partial charge in [0.1, 0.15) is 5.78 Å². The fourth-order valence-electron chi connectivity index (χ4n) is 3.34. The molecule has 0 aliphatic heterocycles. The summed E-state index contributed by atoms with van der Waals surface area (Å²) in [7, 11) is 0. The summed E-state index contributed by atoms with van der Waals surface area (Å²) < 4.78 is 0. The highest BCUT2D eigenvalue weighted by Crippen LogP contribution is 2.40. The number of carbonyl (C=O) groups is 2. The predicted octanol–water partition coefficient (Wildman–Crippen LogP) is 4.34. The van der Waals surface area contributed by atoms with E-state index in [9.17, 15) is 9.59 Å². The SMILES string of the molecule is CC(=O)C1C(=O)C=C(c2ccc(C)cc2)CC1c1ccccc1. The smallest absolute Gasteiger partial charge is 0.167 e. The Bertz CT molecular complexity index is 754. The molecule has 0 bridgehead atoms. The van der Waals surface area contributed by atoms with Crippen LogP contribution >= 0.6 is 0 Å². The number of hydrogen-bond acceptors (Lipinski definition) is 2. The van der Waals surface area contributed by atoms with E-state index in [4.69, 9.17) is 0 Å². The van der Waals surface area contributed by atoms with Crippen molar-refractivity contribution in [1.29, 1.82) is 0 Å². The van der Waals surface area contributed by atoms with Gasteiger partial charge in [-0.2, -0.15) is 0 Å². The molecule has 0 N–H and O–H groups in total. The summed E-state index contributed by atoms with van der Waals surface area (Å²) in [5.74, 6) is -0.773. The standard InChI is InChI=1S/C21H20O2/c1-14-8-10-16(11-9-14)18-12-19(17-6-4-3-5-7-17)21(15(2)22)20(23)13-18/h3-11,13,19,21H,12H2,1-2H3. The van der Waals surface area contributed by atoms with E-state index in [0.29, 0.717) is 6.42 Å². The van der Waals surface area contributed by atoms with Crippen molar-refractivity contribution >= 4 is 17.1 Å². The van der Waals surface area contributed by atoms with Gasteiger partial charge >= 0.3 is 0 Å². The van der Waals surface area contributed by atoms with E-state index in [1.807, 2.05) is 49.4 Å². The highest BCUT2D eigenvalue weighted by molar-refractivity contribution is 6.12.